The van der Waals surface area contributed by atoms with Crippen LogP contribution in [0.3, 0.4) is 0 Å². The Morgan fingerprint density at radius 2 is 2.05 bits per heavy atom. The molecule has 2 atom stereocenters. The number of anilines is 1. The number of nitro benzene ring substituents is 1. The Morgan fingerprint density at radius 1 is 1.37 bits per heavy atom. The topological polar surface area (TPSA) is 55.2 Å². The molecule has 1 fully saturated rings. The Balaban J connectivity index is 2.20. The predicted octanol–water partition coefficient (Wildman–Crippen LogP) is 4.60. The second-order valence-corrected chi connectivity index (χ2v) is 6.51. The molecule has 1 aromatic rings. The molecule has 0 bridgehead atoms. The third-order valence-electron chi connectivity index (χ3n) is 3.31. The lowest BCUT2D eigenvalue weighted by molar-refractivity contribution is -0.384. The Labute approximate surface area is 126 Å². The van der Waals surface area contributed by atoms with Gasteiger partial charge in [-0.05, 0) is 31.6 Å². The Hall–Kier alpha value is -0.650. The summed E-state index contributed by atoms with van der Waals surface area (Å²) >= 11 is 13.6. The summed E-state index contributed by atoms with van der Waals surface area (Å²) in [6.45, 7) is 0. The van der Waals surface area contributed by atoms with Crippen molar-refractivity contribution in [3.63, 3.8) is 0 Å². The number of nitrogens with one attached hydrogen (secondary N) is 1. The first-order chi connectivity index (χ1) is 9.01. The van der Waals surface area contributed by atoms with Gasteiger partial charge >= 0.3 is 0 Å². The quantitative estimate of drug-likeness (QED) is 0.650. The summed E-state index contributed by atoms with van der Waals surface area (Å²) in [4.78, 5) is 10.6. The summed E-state index contributed by atoms with van der Waals surface area (Å²) in [5.74, 6) is 0. The number of nitrogens with zero attached hydrogens (tertiary/aromatic N) is 1. The number of hydrogen-bond donors (Lipinski definition) is 1. The molecule has 1 aliphatic carbocycles. The van der Waals surface area contributed by atoms with Crippen molar-refractivity contribution in [2.24, 2.45) is 0 Å². The molecule has 1 aliphatic rings. The van der Waals surface area contributed by atoms with E-state index in [4.69, 9.17) is 23.2 Å². The van der Waals surface area contributed by atoms with Gasteiger partial charge in [0.1, 0.15) is 5.69 Å². The molecule has 0 spiro atoms. The van der Waals surface area contributed by atoms with Crippen LogP contribution in [-0.4, -0.2) is 22.5 Å². The summed E-state index contributed by atoms with van der Waals surface area (Å²) in [6.07, 6.45) is 5.25. The van der Waals surface area contributed by atoms with Crippen LogP contribution in [0.25, 0.3) is 0 Å². The average Bonchev–Trinajstić information content (AvgIpc) is 2.81. The molecule has 2 unspecified atom stereocenters. The Bertz CT molecular complexity index is 499. The molecule has 4 nitrogen and oxygen atoms in total. The van der Waals surface area contributed by atoms with Crippen molar-refractivity contribution < 1.29 is 4.92 Å². The second kappa shape index (κ2) is 6.20. The highest BCUT2D eigenvalue weighted by Crippen LogP contribution is 2.37. The van der Waals surface area contributed by atoms with Crippen molar-refractivity contribution in [2.45, 2.75) is 30.6 Å². The van der Waals surface area contributed by atoms with Crippen molar-refractivity contribution >= 4 is 46.3 Å². The van der Waals surface area contributed by atoms with E-state index in [9.17, 15) is 10.1 Å². The first kappa shape index (κ1) is 14.8. The second-order valence-electron chi connectivity index (χ2n) is 4.55. The number of rotatable bonds is 4. The minimum atomic E-state index is -0.439. The minimum absolute atomic E-state index is 0.0259. The maximum absolute atomic E-state index is 11.0. The van der Waals surface area contributed by atoms with Crippen LogP contribution in [0.1, 0.15) is 19.3 Å². The Kier molecular flexibility index (Phi) is 4.81. The van der Waals surface area contributed by atoms with Crippen LogP contribution >= 0.6 is 35.0 Å². The normalized spacial score (nSPS) is 22.5. The molecule has 19 heavy (non-hydrogen) atoms. The van der Waals surface area contributed by atoms with Gasteiger partial charge in [-0.1, -0.05) is 23.2 Å². The van der Waals surface area contributed by atoms with Crippen LogP contribution in [0.15, 0.2) is 12.1 Å². The predicted molar refractivity (Wildman–Crippen MR) is 81.7 cm³/mol. The minimum Gasteiger partial charge on any atom is -0.377 e. The molecule has 1 aromatic carbocycles. The van der Waals surface area contributed by atoms with Crippen molar-refractivity contribution in [1.82, 2.24) is 0 Å². The number of halogens is 2. The van der Waals surface area contributed by atoms with Gasteiger partial charge in [0.15, 0.2) is 0 Å². The lowest BCUT2D eigenvalue weighted by Gasteiger charge is -2.15. The van der Waals surface area contributed by atoms with Gasteiger partial charge in [0.05, 0.1) is 15.0 Å². The summed E-state index contributed by atoms with van der Waals surface area (Å²) in [6, 6.07) is 3.09. The molecular weight excluding hydrogens is 307 g/mol. The summed E-state index contributed by atoms with van der Waals surface area (Å²) in [5, 5.41) is 15.4. The molecule has 0 heterocycles. The zero-order valence-electron chi connectivity index (χ0n) is 10.4. The lowest BCUT2D eigenvalue weighted by atomic mass is 10.2. The first-order valence-corrected chi connectivity index (χ1v) is 7.98. The van der Waals surface area contributed by atoms with Crippen LogP contribution < -0.4 is 5.32 Å². The zero-order valence-corrected chi connectivity index (χ0v) is 12.7. The third kappa shape index (κ3) is 3.46. The van der Waals surface area contributed by atoms with Gasteiger partial charge in [0.2, 0.25) is 0 Å². The Morgan fingerprint density at radius 3 is 2.63 bits per heavy atom. The molecule has 1 N–H and O–H groups in total. The lowest BCUT2D eigenvalue weighted by Crippen LogP contribution is -2.16. The fraction of sp³-hybridized carbons (Fsp3) is 0.500. The van der Waals surface area contributed by atoms with Gasteiger partial charge in [-0.3, -0.25) is 10.1 Å². The van der Waals surface area contributed by atoms with E-state index >= 15 is 0 Å². The van der Waals surface area contributed by atoms with Crippen molar-refractivity contribution in [3.8, 4) is 0 Å². The van der Waals surface area contributed by atoms with E-state index in [1.165, 1.54) is 12.1 Å². The maximum atomic E-state index is 11.0. The highest BCUT2D eigenvalue weighted by atomic mass is 35.5. The molecular formula is C12H14Cl2N2O2S. The largest absolute Gasteiger partial charge is 0.377 e. The van der Waals surface area contributed by atoms with Crippen molar-refractivity contribution in [1.29, 1.82) is 0 Å². The molecule has 0 saturated heterocycles. The van der Waals surface area contributed by atoms with Gasteiger partial charge in [-0.2, -0.15) is 11.8 Å². The van der Waals surface area contributed by atoms with E-state index in [2.05, 4.69) is 11.6 Å². The molecule has 0 radical (unpaired) electrons. The first-order valence-electron chi connectivity index (χ1n) is 5.94. The van der Waals surface area contributed by atoms with Gasteiger partial charge in [-0.15, -0.1) is 0 Å². The van der Waals surface area contributed by atoms with Crippen LogP contribution in [0.4, 0.5) is 11.4 Å². The molecule has 0 aromatic heterocycles. The third-order valence-corrected chi connectivity index (χ3v) is 5.13. The van der Waals surface area contributed by atoms with E-state index < -0.39 is 4.92 Å². The van der Waals surface area contributed by atoms with Gasteiger partial charge in [0.25, 0.3) is 5.69 Å². The number of nitro groups is 1. The summed E-state index contributed by atoms with van der Waals surface area (Å²) in [7, 11) is 0. The van der Waals surface area contributed by atoms with E-state index in [0.717, 1.165) is 19.3 Å². The van der Waals surface area contributed by atoms with Crippen LogP contribution in [0.5, 0.6) is 0 Å². The number of hydrogen-bond acceptors (Lipinski definition) is 4. The van der Waals surface area contributed by atoms with E-state index in [-0.39, 0.29) is 16.8 Å². The molecule has 0 amide bonds. The fourth-order valence-electron chi connectivity index (χ4n) is 2.31. The van der Waals surface area contributed by atoms with Crippen molar-refractivity contribution in [3.05, 3.63) is 32.3 Å². The summed E-state index contributed by atoms with van der Waals surface area (Å²) < 4.78 is 0. The van der Waals surface area contributed by atoms with E-state index in [1.807, 2.05) is 11.8 Å². The standard InChI is InChI=1S/C12H14Cl2N2O2S/c1-19-8-3-2-7(4-8)15-11-5-9(13)10(14)6-12(11)16(17)18/h5-8,15H,2-4H2,1H3. The van der Waals surface area contributed by atoms with E-state index in [1.54, 1.807) is 0 Å². The highest BCUT2D eigenvalue weighted by Gasteiger charge is 2.26. The zero-order chi connectivity index (χ0) is 14.0. The van der Waals surface area contributed by atoms with Gasteiger partial charge < -0.3 is 5.32 Å². The summed E-state index contributed by atoms with van der Waals surface area (Å²) in [5.41, 5.74) is 0.424. The molecule has 7 heteroatoms. The van der Waals surface area contributed by atoms with E-state index in [0.29, 0.717) is 16.0 Å². The van der Waals surface area contributed by atoms with Crippen LogP contribution in [-0.2, 0) is 0 Å². The molecule has 2 rings (SSSR count). The van der Waals surface area contributed by atoms with Crippen LogP contribution in [0.2, 0.25) is 10.0 Å². The molecule has 1 saturated carbocycles. The van der Waals surface area contributed by atoms with Gasteiger partial charge in [0, 0.05) is 17.4 Å². The number of benzene rings is 1. The number of thioether (sulfide) groups is 1. The smallest absolute Gasteiger partial charge is 0.293 e. The monoisotopic (exact) mass is 320 g/mol. The highest BCUT2D eigenvalue weighted by molar-refractivity contribution is 7.99. The van der Waals surface area contributed by atoms with Crippen LogP contribution in [0, 0.1) is 10.1 Å². The van der Waals surface area contributed by atoms with Gasteiger partial charge in [-0.25, -0.2) is 0 Å². The fourth-order valence-corrected chi connectivity index (χ4v) is 3.43. The van der Waals surface area contributed by atoms with Crippen molar-refractivity contribution in [2.75, 3.05) is 11.6 Å². The average molecular weight is 321 g/mol. The molecule has 0 aliphatic heterocycles. The maximum Gasteiger partial charge on any atom is 0.293 e. The molecule has 104 valence electrons. The SMILES string of the molecule is CSC1CCC(Nc2cc(Cl)c(Cl)cc2[N+](=O)[O-])C1.